The van der Waals surface area contributed by atoms with Crippen LogP contribution in [0.15, 0.2) is 18.2 Å². The van der Waals surface area contributed by atoms with Gasteiger partial charge in [0.05, 0.1) is 27.4 Å². The van der Waals surface area contributed by atoms with Crippen LogP contribution in [0.1, 0.15) is 11.7 Å². The lowest BCUT2D eigenvalue weighted by molar-refractivity contribution is -0.306. The van der Waals surface area contributed by atoms with Gasteiger partial charge in [0, 0.05) is 0 Å². The van der Waals surface area contributed by atoms with Crippen molar-refractivity contribution in [3.8, 4) is 11.5 Å². The molecular weight excluding hydrogens is 364 g/mol. The first-order valence-electron chi connectivity index (χ1n) is 8.34. The molecule has 0 amide bonds. The summed E-state index contributed by atoms with van der Waals surface area (Å²) in [5.74, 6) is 0.830. The number of hydrogen-bond acceptors (Lipinski definition) is 10. The molecule has 1 saturated heterocycles. The molecule has 0 unspecified atom stereocenters. The van der Waals surface area contributed by atoms with Crippen LogP contribution in [0.25, 0.3) is 0 Å². The molecule has 1 aromatic carbocycles. The standard InChI is InChI=1S/C17H26O10/c1-24-10-4-3-8(5-11(10)25-2)13(20)9(19)7-26-17-16(23)15(22)14(21)12(6-18)27-17/h3-5,9,12-23H,6-7H2,1-2H3/t9-,12-,13-,14-,15+,16-,17-/m1/s1. The summed E-state index contributed by atoms with van der Waals surface area (Å²) in [5, 5.41) is 59.0. The second kappa shape index (κ2) is 9.62. The summed E-state index contributed by atoms with van der Waals surface area (Å²) in [6.07, 6.45) is -9.94. The lowest BCUT2D eigenvalue weighted by Gasteiger charge is -2.39. The first-order valence-corrected chi connectivity index (χ1v) is 8.34. The van der Waals surface area contributed by atoms with E-state index in [-0.39, 0.29) is 0 Å². The van der Waals surface area contributed by atoms with Gasteiger partial charge in [-0.05, 0) is 17.7 Å². The number of methoxy groups -OCH3 is 2. The highest BCUT2D eigenvalue weighted by atomic mass is 16.7. The fourth-order valence-electron chi connectivity index (χ4n) is 2.75. The van der Waals surface area contributed by atoms with E-state index in [4.69, 9.17) is 24.1 Å². The monoisotopic (exact) mass is 390 g/mol. The van der Waals surface area contributed by atoms with Gasteiger partial charge in [0.15, 0.2) is 17.8 Å². The van der Waals surface area contributed by atoms with Crippen LogP contribution in [-0.2, 0) is 9.47 Å². The fourth-order valence-corrected chi connectivity index (χ4v) is 2.75. The van der Waals surface area contributed by atoms with E-state index in [1.807, 2.05) is 0 Å². The SMILES string of the molecule is COc1ccc([C@@H](O)[C@H](O)CO[C@@H]2O[C@H](CO)[C@@H](O)[C@H](O)[C@H]2O)cc1OC. The van der Waals surface area contributed by atoms with Crippen molar-refractivity contribution >= 4 is 0 Å². The average molecular weight is 390 g/mol. The van der Waals surface area contributed by atoms with E-state index in [0.717, 1.165) is 0 Å². The van der Waals surface area contributed by atoms with Crippen LogP contribution < -0.4 is 9.47 Å². The third-order valence-electron chi connectivity index (χ3n) is 4.39. The van der Waals surface area contributed by atoms with Gasteiger partial charge < -0.3 is 49.6 Å². The maximum atomic E-state index is 10.3. The zero-order valence-electron chi connectivity index (χ0n) is 15.0. The minimum atomic E-state index is -1.59. The first-order chi connectivity index (χ1) is 12.8. The molecule has 1 aliphatic heterocycles. The van der Waals surface area contributed by atoms with E-state index in [1.54, 1.807) is 12.1 Å². The number of ether oxygens (including phenoxy) is 4. The maximum Gasteiger partial charge on any atom is 0.186 e. The van der Waals surface area contributed by atoms with Crippen LogP contribution in [0.2, 0.25) is 0 Å². The lowest BCUT2D eigenvalue weighted by Crippen LogP contribution is -2.59. The molecule has 10 nitrogen and oxygen atoms in total. The summed E-state index contributed by atoms with van der Waals surface area (Å²) in [5.41, 5.74) is 0.345. The molecular formula is C17H26O10. The van der Waals surface area contributed by atoms with Crippen molar-refractivity contribution in [2.75, 3.05) is 27.4 Å². The zero-order valence-corrected chi connectivity index (χ0v) is 15.0. The minimum absolute atomic E-state index is 0.345. The molecule has 0 aliphatic carbocycles. The molecule has 1 aromatic rings. The van der Waals surface area contributed by atoms with Crippen LogP contribution in [0.3, 0.4) is 0 Å². The minimum Gasteiger partial charge on any atom is -0.493 e. The van der Waals surface area contributed by atoms with E-state index >= 15 is 0 Å². The molecule has 0 bridgehead atoms. The van der Waals surface area contributed by atoms with Crippen molar-refractivity contribution < 1.29 is 49.6 Å². The summed E-state index contributed by atoms with van der Waals surface area (Å²) >= 11 is 0. The van der Waals surface area contributed by atoms with Gasteiger partial charge in [-0.2, -0.15) is 0 Å². The van der Waals surface area contributed by atoms with Crippen molar-refractivity contribution in [3.63, 3.8) is 0 Å². The van der Waals surface area contributed by atoms with Crippen LogP contribution in [-0.4, -0.2) is 94.9 Å². The predicted molar refractivity (Wildman–Crippen MR) is 90.2 cm³/mol. The van der Waals surface area contributed by atoms with Gasteiger partial charge >= 0.3 is 0 Å². The van der Waals surface area contributed by atoms with Crippen molar-refractivity contribution in [2.24, 2.45) is 0 Å². The molecule has 2 rings (SSSR count). The highest BCUT2D eigenvalue weighted by Crippen LogP contribution is 2.31. The maximum absolute atomic E-state index is 10.3. The van der Waals surface area contributed by atoms with Crippen LogP contribution in [0.4, 0.5) is 0 Å². The molecule has 10 heteroatoms. The Hall–Kier alpha value is -1.50. The van der Waals surface area contributed by atoms with Gasteiger partial charge in [-0.1, -0.05) is 6.07 Å². The Balaban J connectivity index is 1.99. The normalized spacial score (nSPS) is 30.6. The molecule has 1 heterocycles. The van der Waals surface area contributed by atoms with Crippen LogP contribution in [0.5, 0.6) is 11.5 Å². The largest absolute Gasteiger partial charge is 0.493 e. The Kier molecular flexibility index (Phi) is 7.77. The predicted octanol–water partition coefficient (Wildman–Crippen LogP) is -2.09. The van der Waals surface area contributed by atoms with E-state index in [0.29, 0.717) is 17.1 Å². The molecule has 0 saturated carbocycles. The zero-order chi connectivity index (χ0) is 20.1. The molecule has 0 aromatic heterocycles. The molecule has 0 radical (unpaired) electrons. The Bertz CT molecular complexity index is 595. The molecule has 7 atom stereocenters. The summed E-state index contributed by atoms with van der Waals surface area (Å²) in [6.45, 7) is -1.04. The smallest absolute Gasteiger partial charge is 0.186 e. The van der Waals surface area contributed by atoms with Gasteiger partial charge in [0.2, 0.25) is 0 Å². The molecule has 6 N–H and O–H groups in total. The van der Waals surface area contributed by atoms with Crippen molar-refractivity contribution in [3.05, 3.63) is 23.8 Å². The third-order valence-corrected chi connectivity index (χ3v) is 4.39. The van der Waals surface area contributed by atoms with Crippen LogP contribution >= 0.6 is 0 Å². The molecule has 1 fully saturated rings. The number of hydrogen-bond donors (Lipinski definition) is 6. The van der Waals surface area contributed by atoms with E-state index in [1.165, 1.54) is 20.3 Å². The summed E-state index contributed by atoms with van der Waals surface area (Å²) < 4.78 is 20.7. The van der Waals surface area contributed by atoms with E-state index in [9.17, 15) is 25.5 Å². The Morgan fingerprint density at radius 2 is 1.67 bits per heavy atom. The Labute approximate surface area is 156 Å². The average Bonchev–Trinajstić information content (AvgIpc) is 2.70. The molecule has 0 spiro atoms. The number of rotatable bonds is 8. The van der Waals surface area contributed by atoms with E-state index in [2.05, 4.69) is 0 Å². The number of aliphatic hydroxyl groups is 6. The van der Waals surface area contributed by atoms with Gasteiger partial charge in [-0.3, -0.25) is 0 Å². The third kappa shape index (κ3) is 4.86. The highest BCUT2D eigenvalue weighted by molar-refractivity contribution is 5.43. The van der Waals surface area contributed by atoms with E-state index < -0.39 is 56.1 Å². The topological polar surface area (TPSA) is 158 Å². The van der Waals surface area contributed by atoms with Crippen LogP contribution in [0, 0.1) is 0 Å². The van der Waals surface area contributed by atoms with Gasteiger partial charge in [0.25, 0.3) is 0 Å². The lowest BCUT2D eigenvalue weighted by atomic mass is 9.99. The van der Waals surface area contributed by atoms with Crippen molar-refractivity contribution in [1.82, 2.24) is 0 Å². The summed E-state index contributed by atoms with van der Waals surface area (Å²) in [4.78, 5) is 0. The number of aliphatic hydroxyl groups excluding tert-OH is 6. The van der Waals surface area contributed by atoms with Gasteiger partial charge in [-0.15, -0.1) is 0 Å². The molecule has 1 aliphatic rings. The fraction of sp³-hybridized carbons (Fsp3) is 0.647. The second-order valence-corrected chi connectivity index (χ2v) is 6.16. The second-order valence-electron chi connectivity index (χ2n) is 6.16. The summed E-state index contributed by atoms with van der Waals surface area (Å²) in [6, 6.07) is 4.62. The summed E-state index contributed by atoms with van der Waals surface area (Å²) in [7, 11) is 2.91. The van der Waals surface area contributed by atoms with Crippen molar-refractivity contribution in [1.29, 1.82) is 0 Å². The molecule has 154 valence electrons. The number of benzene rings is 1. The van der Waals surface area contributed by atoms with Gasteiger partial charge in [0.1, 0.15) is 36.6 Å². The Morgan fingerprint density at radius 3 is 2.26 bits per heavy atom. The van der Waals surface area contributed by atoms with Crippen molar-refractivity contribution in [2.45, 2.75) is 42.9 Å². The first kappa shape index (κ1) is 21.8. The molecule has 27 heavy (non-hydrogen) atoms. The Morgan fingerprint density at radius 1 is 1.00 bits per heavy atom. The quantitative estimate of drug-likeness (QED) is 0.291. The highest BCUT2D eigenvalue weighted by Gasteiger charge is 2.44. The van der Waals surface area contributed by atoms with Gasteiger partial charge in [-0.25, -0.2) is 0 Å².